The highest BCUT2D eigenvalue weighted by Gasteiger charge is 2.17. The largest absolute Gasteiger partial charge is 0.216 e. The highest BCUT2D eigenvalue weighted by atomic mass is 35.5. The first-order valence-corrected chi connectivity index (χ1v) is 8.87. The van der Waals surface area contributed by atoms with Crippen molar-refractivity contribution in [2.45, 2.75) is 18.7 Å². The van der Waals surface area contributed by atoms with Crippen LogP contribution in [0, 0.1) is 5.82 Å². The average molecular weight is 362 g/mol. The minimum absolute atomic E-state index is 0.295. The fraction of sp³-hybridized carbons (Fsp3) is 0.200. The van der Waals surface area contributed by atoms with E-state index in [1.165, 1.54) is 18.2 Å². The molecular formula is C15H14Cl2FNO2S. The molecule has 118 valence electrons. The second-order valence-corrected chi connectivity index (χ2v) is 7.47. The number of rotatable bonds is 5. The summed E-state index contributed by atoms with van der Waals surface area (Å²) in [5, 5.41) is 0.760. The molecule has 0 spiro atoms. The van der Waals surface area contributed by atoms with Gasteiger partial charge in [-0.15, -0.1) is 0 Å². The summed E-state index contributed by atoms with van der Waals surface area (Å²) >= 11 is 11.8. The van der Waals surface area contributed by atoms with Crippen LogP contribution in [0.2, 0.25) is 10.0 Å². The molecular weight excluding hydrogens is 348 g/mol. The predicted molar refractivity (Wildman–Crippen MR) is 87.0 cm³/mol. The van der Waals surface area contributed by atoms with E-state index in [-0.39, 0.29) is 5.75 Å². The lowest BCUT2D eigenvalue weighted by Gasteiger charge is -2.15. The van der Waals surface area contributed by atoms with Gasteiger partial charge in [-0.2, -0.15) is 0 Å². The van der Waals surface area contributed by atoms with Crippen LogP contribution in [-0.4, -0.2) is 8.42 Å². The van der Waals surface area contributed by atoms with Crippen molar-refractivity contribution in [1.29, 1.82) is 0 Å². The first-order chi connectivity index (χ1) is 10.3. The topological polar surface area (TPSA) is 46.2 Å². The van der Waals surface area contributed by atoms with Crippen molar-refractivity contribution in [2.75, 3.05) is 0 Å². The fourth-order valence-electron chi connectivity index (χ4n) is 2.01. The van der Waals surface area contributed by atoms with Crippen molar-refractivity contribution in [3.8, 4) is 0 Å². The lowest BCUT2D eigenvalue weighted by Crippen LogP contribution is -2.28. The van der Waals surface area contributed by atoms with Gasteiger partial charge in [0.25, 0.3) is 0 Å². The van der Waals surface area contributed by atoms with Gasteiger partial charge in [0.2, 0.25) is 10.0 Å². The Kier molecular flexibility index (Phi) is 5.45. The highest BCUT2D eigenvalue weighted by Crippen LogP contribution is 2.26. The summed E-state index contributed by atoms with van der Waals surface area (Å²) in [4.78, 5) is 0. The molecule has 2 rings (SSSR count). The highest BCUT2D eigenvalue weighted by molar-refractivity contribution is 7.88. The van der Waals surface area contributed by atoms with Gasteiger partial charge in [-0.25, -0.2) is 17.5 Å². The summed E-state index contributed by atoms with van der Waals surface area (Å²) in [7, 11) is -3.61. The molecule has 1 N–H and O–H groups in total. The molecule has 0 aromatic heterocycles. The minimum Gasteiger partial charge on any atom is -0.212 e. The fourth-order valence-corrected chi connectivity index (χ4v) is 3.69. The van der Waals surface area contributed by atoms with E-state index >= 15 is 0 Å². The van der Waals surface area contributed by atoms with Crippen molar-refractivity contribution < 1.29 is 12.8 Å². The van der Waals surface area contributed by atoms with Crippen LogP contribution in [0.1, 0.15) is 24.1 Å². The van der Waals surface area contributed by atoms with Gasteiger partial charge in [0.15, 0.2) is 0 Å². The number of benzene rings is 2. The van der Waals surface area contributed by atoms with Crippen LogP contribution in [0.4, 0.5) is 4.39 Å². The monoisotopic (exact) mass is 361 g/mol. The van der Waals surface area contributed by atoms with E-state index in [1.807, 2.05) is 0 Å². The van der Waals surface area contributed by atoms with Gasteiger partial charge in [0.1, 0.15) is 5.82 Å². The van der Waals surface area contributed by atoms with Gasteiger partial charge in [-0.05, 0) is 42.3 Å². The SMILES string of the molecule is CC(NS(=O)(=O)Cc1cccc(F)c1)c1ccc(Cl)c(Cl)c1. The van der Waals surface area contributed by atoms with Gasteiger partial charge in [0.05, 0.1) is 15.8 Å². The van der Waals surface area contributed by atoms with Crippen LogP contribution in [-0.2, 0) is 15.8 Å². The van der Waals surface area contributed by atoms with E-state index in [0.29, 0.717) is 21.2 Å². The molecule has 0 amide bonds. The quantitative estimate of drug-likeness (QED) is 0.861. The van der Waals surface area contributed by atoms with Crippen molar-refractivity contribution in [3.63, 3.8) is 0 Å². The molecule has 0 saturated carbocycles. The number of hydrogen-bond acceptors (Lipinski definition) is 2. The van der Waals surface area contributed by atoms with E-state index in [9.17, 15) is 12.8 Å². The summed E-state index contributed by atoms with van der Waals surface area (Å²) in [5.41, 5.74) is 1.08. The van der Waals surface area contributed by atoms with Gasteiger partial charge in [0, 0.05) is 6.04 Å². The maximum absolute atomic E-state index is 13.1. The van der Waals surface area contributed by atoms with E-state index in [1.54, 1.807) is 31.2 Å². The van der Waals surface area contributed by atoms with Gasteiger partial charge in [-0.3, -0.25) is 0 Å². The Morgan fingerprint density at radius 2 is 1.86 bits per heavy atom. The number of hydrogen-bond donors (Lipinski definition) is 1. The molecule has 1 unspecified atom stereocenters. The van der Waals surface area contributed by atoms with Gasteiger partial charge in [-0.1, -0.05) is 41.4 Å². The predicted octanol–water partition coefficient (Wildman–Crippen LogP) is 4.31. The molecule has 0 heterocycles. The zero-order chi connectivity index (χ0) is 16.3. The Morgan fingerprint density at radius 1 is 1.14 bits per heavy atom. The number of sulfonamides is 1. The zero-order valence-electron chi connectivity index (χ0n) is 11.7. The standard InChI is InChI=1S/C15H14Cl2FNO2S/c1-10(12-5-6-14(16)15(17)8-12)19-22(20,21)9-11-3-2-4-13(18)7-11/h2-8,10,19H,9H2,1H3. The Morgan fingerprint density at radius 3 is 2.50 bits per heavy atom. The van der Waals surface area contributed by atoms with E-state index in [4.69, 9.17) is 23.2 Å². The lowest BCUT2D eigenvalue weighted by molar-refractivity contribution is 0.565. The normalized spacial score (nSPS) is 13.1. The summed E-state index contributed by atoms with van der Waals surface area (Å²) in [5.74, 6) is -0.763. The zero-order valence-corrected chi connectivity index (χ0v) is 14.0. The van der Waals surface area contributed by atoms with Crippen molar-refractivity contribution >= 4 is 33.2 Å². The maximum atomic E-state index is 13.1. The Bertz CT molecular complexity index is 781. The molecule has 7 heteroatoms. The maximum Gasteiger partial charge on any atom is 0.216 e. The average Bonchev–Trinajstić information content (AvgIpc) is 2.40. The van der Waals surface area contributed by atoms with E-state index in [0.717, 1.165) is 0 Å². The lowest BCUT2D eigenvalue weighted by atomic mass is 10.1. The molecule has 0 fully saturated rings. The van der Waals surface area contributed by atoms with Crippen molar-refractivity contribution in [1.82, 2.24) is 4.72 Å². The number of halogens is 3. The molecule has 0 aliphatic heterocycles. The molecule has 22 heavy (non-hydrogen) atoms. The molecule has 3 nitrogen and oxygen atoms in total. The molecule has 2 aromatic rings. The van der Waals surface area contributed by atoms with Crippen LogP contribution >= 0.6 is 23.2 Å². The molecule has 0 aliphatic carbocycles. The Balaban J connectivity index is 2.12. The van der Waals surface area contributed by atoms with Gasteiger partial charge < -0.3 is 0 Å². The molecule has 0 saturated heterocycles. The second kappa shape index (κ2) is 6.96. The van der Waals surface area contributed by atoms with Crippen LogP contribution in [0.15, 0.2) is 42.5 Å². The molecule has 0 bridgehead atoms. The summed E-state index contributed by atoms with van der Waals surface area (Å²) < 4.78 is 40.0. The van der Waals surface area contributed by atoms with Gasteiger partial charge >= 0.3 is 0 Å². The molecule has 1 atom stereocenters. The third-order valence-electron chi connectivity index (χ3n) is 3.05. The Labute approximate surface area is 139 Å². The number of nitrogens with one attached hydrogen (secondary N) is 1. The summed E-state index contributed by atoms with van der Waals surface area (Å²) in [6, 6.07) is 9.94. The molecule has 0 aliphatic rings. The van der Waals surface area contributed by atoms with E-state index in [2.05, 4.69) is 4.72 Å². The first-order valence-electron chi connectivity index (χ1n) is 6.46. The smallest absolute Gasteiger partial charge is 0.212 e. The minimum atomic E-state index is -3.61. The third-order valence-corrected chi connectivity index (χ3v) is 5.21. The van der Waals surface area contributed by atoms with Crippen LogP contribution in [0.5, 0.6) is 0 Å². The second-order valence-electron chi connectivity index (χ2n) is 4.90. The van der Waals surface area contributed by atoms with Crippen LogP contribution in [0.3, 0.4) is 0 Å². The molecule has 2 aromatic carbocycles. The summed E-state index contributed by atoms with van der Waals surface area (Å²) in [6.07, 6.45) is 0. The van der Waals surface area contributed by atoms with Crippen molar-refractivity contribution in [3.05, 3.63) is 69.5 Å². The van der Waals surface area contributed by atoms with Crippen LogP contribution in [0.25, 0.3) is 0 Å². The molecule has 0 radical (unpaired) electrons. The third kappa shape index (κ3) is 4.68. The first kappa shape index (κ1) is 17.2. The summed E-state index contributed by atoms with van der Waals surface area (Å²) in [6.45, 7) is 1.70. The van der Waals surface area contributed by atoms with E-state index < -0.39 is 21.9 Å². The Hall–Kier alpha value is -1.14. The van der Waals surface area contributed by atoms with Crippen molar-refractivity contribution in [2.24, 2.45) is 0 Å². The van der Waals surface area contributed by atoms with Crippen LogP contribution < -0.4 is 4.72 Å².